The Kier molecular flexibility index (Phi) is 4.23. The van der Waals surface area contributed by atoms with Crippen molar-refractivity contribution < 1.29 is 0 Å². The fourth-order valence-corrected chi connectivity index (χ4v) is 3.56. The molecule has 2 unspecified atom stereocenters. The first kappa shape index (κ1) is 14.1. The molecule has 1 fully saturated rings. The van der Waals surface area contributed by atoms with E-state index in [0.29, 0.717) is 6.04 Å². The smallest absolute Gasteiger partial charge is 0.137 e. The van der Waals surface area contributed by atoms with E-state index in [0.717, 1.165) is 18.4 Å². The van der Waals surface area contributed by atoms with Crippen LogP contribution < -0.4 is 5.32 Å². The molecule has 1 saturated carbocycles. The molecule has 0 bridgehead atoms. The van der Waals surface area contributed by atoms with E-state index in [-0.39, 0.29) is 0 Å². The van der Waals surface area contributed by atoms with E-state index in [1.165, 1.54) is 30.5 Å². The molecule has 0 saturated heterocycles. The van der Waals surface area contributed by atoms with Gasteiger partial charge in [-0.05, 0) is 48.8 Å². The van der Waals surface area contributed by atoms with Crippen molar-refractivity contribution >= 4 is 5.69 Å². The van der Waals surface area contributed by atoms with Gasteiger partial charge in [0.1, 0.15) is 12.7 Å². The van der Waals surface area contributed by atoms with Gasteiger partial charge in [0.15, 0.2) is 0 Å². The molecule has 2 atom stereocenters. The molecule has 2 aromatic rings. The SMILES string of the molecule is CC1CC(C)CC(Nc2cccc(Cn3cncn3)c2)C1. The largest absolute Gasteiger partial charge is 0.382 e. The van der Waals surface area contributed by atoms with Crippen molar-refractivity contribution in [1.29, 1.82) is 0 Å². The number of nitrogens with zero attached hydrogens (tertiary/aromatic N) is 3. The van der Waals surface area contributed by atoms with Crippen molar-refractivity contribution in [2.24, 2.45) is 11.8 Å². The summed E-state index contributed by atoms with van der Waals surface area (Å²) < 4.78 is 1.85. The average molecular weight is 284 g/mol. The number of hydrogen-bond donors (Lipinski definition) is 1. The molecule has 0 radical (unpaired) electrons. The Bertz CT molecular complexity index is 554. The highest BCUT2D eigenvalue weighted by molar-refractivity contribution is 5.46. The second-order valence-corrected chi connectivity index (χ2v) is 6.55. The molecule has 1 aliphatic rings. The third-order valence-electron chi connectivity index (χ3n) is 4.29. The summed E-state index contributed by atoms with van der Waals surface area (Å²) in [5.41, 5.74) is 2.47. The number of benzene rings is 1. The lowest BCUT2D eigenvalue weighted by Gasteiger charge is -2.32. The van der Waals surface area contributed by atoms with Gasteiger partial charge in [-0.25, -0.2) is 9.67 Å². The molecule has 1 aromatic heterocycles. The molecule has 21 heavy (non-hydrogen) atoms. The Morgan fingerprint density at radius 3 is 2.71 bits per heavy atom. The van der Waals surface area contributed by atoms with Crippen LogP contribution >= 0.6 is 0 Å². The van der Waals surface area contributed by atoms with Gasteiger partial charge in [-0.15, -0.1) is 0 Å². The highest BCUT2D eigenvalue weighted by Gasteiger charge is 2.23. The number of hydrogen-bond acceptors (Lipinski definition) is 3. The van der Waals surface area contributed by atoms with Gasteiger partial charge in [0.05, 0.1) is 6.54 Å². The van der Waals surface area contributed by atoms with Gasteiger partial charge < -0.3 is 5.32 Å². The first-order valence-electron chi connectivity index (χ1n) is 7.87. The van der Waals surface area contributed by atoms with Crippen LogP contribution in [0.2, 0.25) is 0 Å². The zero-order chi connectivity index (χ0) is 14.7. The molecule has 1 heterocycles. The summed E-state index contributed by atoms with van der Waals surface area (Å²) in [6.07, 6.45) is 7.25. The maximum absolute atomic E-state index is 4.16. The Balaban J connectivity index is 1.65. The lowest BCUT2D eigenvalue weighted by atomic mass is 9.80. The van der Waals surface area contributed by atoms with E-state index in [2.05, 4.69) is 53.5 Å². The van der Waals surface area contributed by atoms with Crippen molar-refractivity contribution in [3.05, 3.63) is 42.5 Å². The summed E-state index contributed by atoms with van der Waals surface area (Å²) in [4.78, 5) is 3.99. The third-order valence-corrected chi connectivity index (χ3v) is 4.29. The molecule has 4 nitrogen and oxygen atoms in total. The maximum atomic E-state index is 4.16. The van der Waals surface area contributed by atoms with Crippen LogP contribution in [0.15, 0.2) is 36.9 Å². The molecular weight excluding hydrogens is 260 g/mol. The van der Waals surface area contributed by atoms with Crippen LogP contribution in [0.4, 0.5) is 5.69 Å². The molecule has 0 aliphatic heterocycles. The second-order valence-electron chi connectivity index (χ2n) is 6.55. The monoisotopic (exact) mass is 284 g/mol. The highest BCUT2D eigenvalue weighted by Crippen LogP contribution is 2.30. The van der Waals surface area contributed by atoms with Crippen molar-refractivity contribution in [3.63, 3.8) is 0 Å². The summed E-state index contributed by atoms with van der Waals surface area (Å²) in [5.74, 6) is 1.65. The van der Waals surface area contributed by atoms with Crippen molar-refractivity contribution in [2.75, 3.05) is 5.32 Å². The maximum Gasteiger partial charge on any atom is 0.137 e. The summed E-state index contributed by atoms with van der Waals surface area (Å²) in [7, 11) is 0. The van der Waals surface area contributed by atoms with E-state index in [9.17, 15) is 0 Å². The summed E-state index contributed by atoms with van der Waals surface area (Å²) in [6.45, 7) is 5.50. The first-order chi connectivity index (χ1) is 10.2. The number of anilines is 1. The molecule has 0 amide bonds. The quantitative estimate of drug-likeness (QED) is 0.933. The minimum absolute atomic E-state index is 0.602. The number of aromatic nitrogens is 3. The fourth-order valence-electron chi connectivity index (χ4n) is 3.56. The van der Waals surface area contributed by atoms with Crippen LogP contribution in [0.25, 0.3) is 0 Å². The number of rotatable bonds is 4. The number of nitrogens with one attached hydrogen (secondary N) is 1. The summed E-state index contributed by atoms with van der Waals surface area (Å²) in [5, 5.41) is 7.88. The highest BCUT2D eigenvalue weighted by atomic mass is 15.3. The lowest BCUT2D eigenvalue weighted by Crippen LogP contribution is -2.30. The average Bonchev–Trinajstić information content (AvgIpc) is 2.90. The third kappa shape index (κ3) is 3.84. The van der Waals surface area contributed by atoms with Crippen molar-refractivity contribution in [3.8, 4) is 0 Å². The molecule has 3 rings (SSSR count). The van der Waals surface area contributed by atoms with Gasteiger partial charge >= 0.3 is 0 Å². The van der Waals surface area contributed by atoms with Crippen LogP contribution in [0.1, 0.15) is 38.7 Å². The predicted octanol–water partition coefficient (Wildman–Crippen LogP) is 3.56. The fraction of sp³-hybridized carbons (Fsp3) is 0.529. The predicted molar refractivity (Wildman–Crippen MR) is 85.2 cm³/mol. The van der Waals surface area contributed by atoms with E-state index < -0.39 is 0 Å². The second kappa shape index (κ2) is 6.29. The Hall–Kier alpha value is -1.84. The Labute approximate surface area is 126 Å². The topological polar surface area (TPSA) is 42.7 Å². The molecule has 1 N–H and O–H groups in total. The van der Waals surface area contributed by atoms with Crippen molar-refractivity contribution in [1.82, 2.24) is 14.8 Å². The molecule has 112 valence electrons. The van der Waals surface area contributed by atoms with Crippen LogP contribution in [0.3, 0.4) is 0 Å². The lowest BCUT2D eigenvalue weighted by molar-refractivity contribution is 0.281. The summed E-state index contributed by atoms with van der Waals surface area (Å²) >= 11 is 0. The van der Waals surface area contributed by atoms with E-state index in [1.807, 2.05) is 4.68 Å². The van der Waals surface area contributed by atoms with E-state index in [1.54, 1.807) is 12.7 Å². The van der Waals surface area contributed by atoms with Gasteiger partial charge in [0.25, 0.3) is 0 Å². The van der Waals surface area contributed by atoms with Gasteiger partial charge in [0.2, 0.25) is 0 Å². The van der Waals surface area contributed by atoms with Crippen LogP contribution in [0, 0.1) is 11.8 Å². The minimum Gasteiger partial charge on any atom is -0.382 e. The Morgan fingerprint density at radius 1 is 1.19 bits per heavy atom. The molecule has 4 heteroatoms. The minimum atomic E-state index is 0.602. The standard InChI is InChI=1S/C17H24N4/c1-13-6-14(2)8-17(7-13)20-16-5-3-4-15(9-16)10-21-12-18-11-19-21/h3-5,9,11-14,17,20H,6-8,10H2,1-2H3. The van der Waals surface area contributed by atoms with Gasteiger partial charge in [-0.3, -0.25) is 0 Å². The van der Waals surface area contributed by atoms with E-state index in [4.69, 9.17) is 0 Å². The van der Waals surface area contributed by atoms with Gasteiger partial charge in [-0.1, -0.05) is 26.0 Å². The van der Waals surface area contributed by atoms with Crippen LogP contribution in [-0.2, 0) is 6.54 Å². The summed E-state index contributed by atoms with van der Waals surface area (Å²) in [6, 6.07) is 9.24. The molecular formula is C17H24N4. The normalized spacial score (nSPS) is 25.7. The van der Waals surface area contributed by atoms with Crippen LogP contribution in [0.5, 0.6) is 0 Å². The van der Waals surface area contributed by atoms with Gasteiger partial charge in [-0.2, -0.15) is 5.10 Å². The molecule has 1 aliphatic carbocycles. The zero-order valence-corrected chi connectivity index (χ0v) is 12.9. The van der Waals surface area contributed by atoms with Crippen molar-refractivity contribution in [2.45, 2.75) is 45.7 Å². The molecule has 1 aromatic carbocycles. The molecule has 0 spiro atoms. The van der Waals surface area contributed by atoms with E-state index >= 15 is 0 Å². The zero-order valence-electron chi connectivity index (χ0n) is 12.9. The van der Waals surface area contributed by atoms with Gasteiger partial charge in [0, 0.05) is 11.7 Å². The van der Waals surface area contributed by atoms with Crippen LogP contribution in [-0.4, -0.2) is 20.8 Å². The Morgan fingerprint density at radius 2 is 2.00 bits per heavy atom. The first-order valence-corrected chi connectivity index (χ1v) is 7.87.